The minimum Gasteiger partial charge on any atom is -0.321 e. The summed E-state index contributed by atoms with van der Waals surface area (Å²) in [7, 11) is 0. The molecule has 0 radical (unpaired) electrons. The second-order valence-corrected chi connectivity index (χ2v) is 7.24. The number of aromatic nitrogens is 4. The van der Waals surface area contributed by atoms with Gasteiger partial charge in [-0.2, -0.15) is 0 Å². The second-order valence-electron chi connectivity index (χ2n) is 7.24. The lowest BCUT2D eigenvalue weighted by Crippen LogP contribution is -2.30. The third-order valence-electron chi connectivity index (χ3n) is 5.17. The lowest BCUT2D eigenvalue weighted by Gasteiger charge is -2.11. The van der Waals surface area contributed by atoms with Crippen molar-refractivity contribution in [3.63, 3.8) is 0 Å². The van der Waals surface area contributed by atoms with Gasteiger partial charge in [-0.15, -0.1) is 0 Å². The third kappa shape index (κ3) is 2.89. The molecule has 144 valence electrons. The largest absolute Gasteiger partial charge is 0.330 e. The van der Waals surface area contributed by atoms with E-state index in [1.165, 1.54) is 16.8 Å². The molecule has 5 rings (SSSR count). The van der Waals surface area contributed by atoms with Crippen LogP contribution < -0.4 is 16.6 Å². The highest BCUT2D eigenvalue weighted by molar-refractivity contribution is 6.09. The number of pyridine rings is 2. The number of carbonyl (C=O) groups is 1. The number of aromatic amines is 1. The molecule has 2 N–H and O–H groups in total. The summed E-state index contributed by atoms with van der Waals surface area (Å²) in [5.74, 6) is -0.392. The normalized spacial score (nSPS) is 13.7. The number of amides is 1. The Balaban J connectivity index is 1.57. The molecule has 8 nitrogen and oxygen atoms in total. The van der Waals surface area contributed by atoms with Gasteiger partial charge in [0, 0.05) is 23.8 Å². The highest BCUT2D eigenvalue weighted by Crippen LogP contribution is 2.34. The maximum Gasteiger partial charge on any atom is 0.330 e. The van der Waals surface area contributed by atoms with E-state index in [1.807, 2.05) is 31.2 Å². The first-order chi connectivity index (χ1) is 14.0. The average molecular weight is 387 g/mol. The zero-order chi connectivity index (χ0) is 20.1. The Morgan fingerprint density at radius 3 is 2.79 bits per heavy atom. The molecule has 4 aromatic rings. The van der Waals surface area contributed by atoms with Crippen LogP contribution in [0.15, 0.2) is 52.3 Å². The van der Waals surface area contributed by atoms with E-state index in [1.54, 1.807) is 6.20 Å². The van der Waals surface area contributed by atoms with Gasteiger partial charge in [-0.05, 0) is 49.6 Å². The fourth-order valence-electron chi connectivity index (χ4n) is 3.55. The molecule has 0 spiro atoms. The van der Waals surface area contributed by atoms with Gasteiger partial charge in [-0.3, -0.25) is 24.1 Å². The second kappa shape index (κ2) is 6.37. The molecular formula is C21H17N5O3. The van der Waals surface area contributed by atoms with Gasteiger partial charge in [0.2, 0.25) is 0 Å². The van der Waals surface area contributed by atoms with Crippen molar-refractivity contribution in [2.24, 2.45) is 0 Å². The Morgan fingerprint density at radius 2 is 2.00 bits per heavy atom. The summed E-state index contributed by atoms with van der Waals surface area (Å²) in [6, 6.07) is 8.95. The molecule has 0 bridgehead atoms. The lowest BCUT2D eigenvalue weighted by atomic mass is 10.1. The molecular weight excluding hydrogens is 370 g/mol. The first-order valence-electron chi connectivity index (χ1n) is 9.33. The van der Waals surface area contributed by atoms with E-state index in [4.69, 9.17) is 0 Å². The summed E-state index contributed by atoms with van der Waals surface area (Å²) >= 11 is 0. The molecule has 1 aliphatic rings. The summed E-state index contributed by atoms with van der Waals surface area (Å²) in [4.78, 5) is 48.2. The van der Waals surface area contributed by atoms with E-state index < -0.39 is 17.2 Å². The molecule has 3 aromatic heterocycles. The molecule has 8 heteroatoms. The van der Waals surface area contributed by atoms with Crippen molar-refractivity contribution in [3.8, 4) is 0 Å². The number of H-pyrrole nitrogens is 1. The van der Waals surface area contributed by atoms with Crippen molar-refractivity contribution in [2.45, 2.75) is 25.8 Å². The fraction of sp³-hybridized carbons (Fsp3) is 0.190. The molecule has 0 unspecified atom stereocenters. The number of aryl methyl sites for hydroxylation is 1. The van der Waals surface area contributed by atoms with E-state index >= 15 is 0 Å². The zero-order valence-electron chi connectivity index (χ0n) is 15.6. The van der Waals surface area contributed by atoms with Crippen LogP contribution in [0.25, 0.3) is 21.9 Å². The van der Waals surface area contributed by atoms with Gasteiger partial charge in [-0.1, -0.05) is 6.07 Å². The summed E-state index contributed by atoms with van der Waals surface area (Å²) in [6.45, 7) is 1.96. The predicted octanol–water partition coefficient (Wildman–Crippen LogP) is 2.53. The van der Waals surface area contributed by atoms with Crippen molar-refractivity contribution in [1.82, 2.24) is 19.5 Å². The summed E-state index contributed by atoms with van der Waals surface area (Å²) in [5, 5.41) is 3.92. The Kier molecular flexibility index (Phi) is 3.80. The van der Waals surface area contributed by atoms with E-state index in [0.717, 1.165) is 29.3 Å². The number of hydrogen-bond donors (Lipinski definition) is 2. The van der Waals surface area contributed by atoms with Crippen molar-refractivity contribution >= 4 is 33.5 Å². The van der Waals surface area contributed by atoms with Crippen LogP contribution in [0.5, 0.6) is 0 Å². The van der Waals surface area contributed by atoms with Gasteiger partial charge in [0.15, 0.2) is 0 Å². The Hall–Kier alpha value is -3.81. The van der Waals surface area contributed by atoms with Crippen molar-refractivity contribution in [1.29, 1.82) is 0 Å². The van der Waals surface area contributed by atoms with Gasteiger partial charge < -0.3 is 5.32 Å². The molecule has 1 saturated carbocycles. The first kappa shape index (κ1) is 17.3. The topological polar surface area (TPSA) is 110 Å². The molecule has 1 aliphatic carbocycles. The van der Waals surface area contributed by atoms with Crippen LogP contribution in [0.1, 0.15) is 34.8 Å². The molecule has 1 fully saturated rings. The first-order valence-corrected chi connectivity index (χ1v) is 9.33. The highest BCUT2D eigenvalue weighted by atomic mass is 16.2. The van der Waals surface area contributed by atoms with Gasteiger partial charge in [0.05, 0.1) is 22.2 Å². The number of hydrogen-bond acceptors (Lipinski definition) is 5. The van der Waals surface area contributed by atoms with Crippen LogP contribution in [0, 0.1) is 6.92 Å². The highest BCUT2D eigenvalue weighted by Gasteiger charge is 2.27. The summed E-state index contributed by atoms with van der Waals surface area (Å²) in [5.41, 5.74) is 1.98. The molecule has 0 saturated heterocycles. The van der Waals surface area contributed by atoms with Crippen LogP contribution in [0.4, 0.5) is 5.69 Å². The zero-order valence-corrected chi connectivity index (χ0v) is 15.6. The van der Waals surface area contributed by atoms with Crippen LogP contribution >= 0.6 is 0 Å². The van der Waals surface area contributed by atoms with E-state index in [9.17, 15) is 14.4 Å². The Bertz CT molecular complexity index is 1420. The average Bonchev–Trinajstić information content (AvgIpc) is 3.55. The fourth-order valence-corrected chi connectivity index (χ4v) is 3.55. The summed E-state index contributed by atoms with van der Waals surface area (Å²) in [6.07, 6.45) is 4.85. The van der Waals surface area contributed by atoms with E-state index in [-0.39, 0.29) is 17.0 Å². The molecule has 1 aromatic carbocycles. The molecule has 3 heterocycles. The van der Waals surface area contributed by atoms with E-state index in [2.05, 4.69) is 20.3 Å². The number of fused-ring (bicyclic) bond motifs is 2. The number of rotatable bonds is 3. The standard InChI is InChI=1S/C21H17N5O3/c1-11-4-7-16(14-3-2-8-22-17(11)14)24-19(27)12-9-15-18(23-10-12)26(13-5-6-13)21(29)25-20(15)28/h2-4,7-10,13H,5-6H2,1H3,(H,24,27)(H,25,28,29). The Labute approximate surface area is 164 Å². The minimum atomic E-state index is -0.547. The van der Waals surface area contributed by atoms with Crippen LogP contribution in [0.3, 0.4) is 0 Å². The number of anilines is 1. The minimum absolute atomic E-state index is 0.0560. The quantitative estimate of drug-likeness (QED) is 0.561. The summed E-state index contributed by atoms with van der Waals surface area (Å²) < 4.78 is 1.50. The third-order valence-corrected chi connectivity index (χ3v) is 5.17. The van der Waals surface area contributed by atoms with E-state index in [0.29, 0.717) is 11.3 Å². The van der Waals surface area contributed by atoms with Gasteiger partial charge >= 0.3 is 5.69 Å². The monoisotopic (exact) mass is 387 g/mol. The number of nitrogens with one attached hydrogen (secondary N) is 2. The van der Waals surface area contributed by atoms with Crippen LogP contribution in [0.2, 0.25) is 0 Å². The van der Waals surface area contributed by atoms with Crippen molar-refractivity contribution in [2.75, 3.05) is 5.32 Å². The van der Waals surface area contributed by atoms with Crippen molar-refractivity contribution in [3.05, 3.63) is 74.7 Å². The van der Waals surface area contributed by atoms with Gasteiger partial charge in [0.25, 0.3) is 11.5 Å². The van der Waals surface area contributed by atoms with Gasteiger partial charge in [0.1, 0.15) is 5.65 Å². The maximum atomic E-state index is 12.8. The number of carbonyl (C=O) groups excluding carboxylic acids is 1. The molecule has 1 amide bonds. The smallest absolute Gasteiger partial charge is 0.321 e. The molecule has 0 atom stereocenters. The van der Waals surface area contributed by atoms with Crippen LogP contribution in [-0.4, -0.2) is 25.4 Å². The van der Waals surface area contributed by atoms with Crippen molar-refractivity contribution < 1.29 is 4.79 Å². The predicted molar refractivity (Wildman–Crippen MR) is 109 cm³/mol. The Morgan fingerprint density at radius 1 is 1.17 bits per heavy atom. The maximum absolute atomic E-state index is 12.8. The molecule has 29 heavy (non-hydrogen) atoms. The lowest BCUT2D eigenvalue weighted by molar-refractivity contribution is 0.102. The SMILES string of the molecule is Cc1ccc(NC(=O)c2cnc3c(c2)c(=O)[nH]c(=O)n3C2CC2)c2cccnc12. The number of nitrogens with zero attached hydrogens (tertiary/aromatic N) is 3. The number of benzene rings is 1. The van der Waals surface area contributed by atoms with Gasteiger partial charge in [-0.25, -0.2) is 9.78 Å². The molecule has 0 aliphatic heterocycles. The van der Waals surface area contributed by atoms with Crippen LogP contribution in [-0.2, 0) is 0 Å².